The third-order valence-electron chi connectivity index (χ3n) is 3.36. The third kappa shape index (κ3) is 5.76. The lowest BCUT2D eigenvalue weighted by Gasteiger charge is -2.11. The van der Waals surface area contributed by atoms with E-state index in [0.717, 1.165) is 5.56 Å². The molecule has 25 heavy (non-hydrogen) atoms. The van der Waals surface area contributed by atoms with Gasteiger partial charge in [0.25, 0.3) is 5.91 Å². The van der Waals surface area contributed by atoms with Gasteiger partial charge in [-0.3, -0.25) is 4.79 Å². The molecule has 5 nitrogen and oxygen atoms in total. The van der Waals surface area contributed by atoms with Crippen molar-refractivity contribution in [2.24, 2.45) is 0 Å². The highest BCUT2D eigenvalue weighted by atomic mass is 35.5. The van der Waals surface area contributed by atoms with Crippen molar-refractivity contribution in [1.82, 2.24) is 5.32 Å². The van der Waals surface area contributed by atoms with Crippen LogP contribution in [0.1, 0.15) is 15.9 Å². The summed E-state index contributed by atoms with van der Waals surface area (Å²) in [6.07, 6.45) is 0.566. The zero-order chi connectivity index (χ0) is 18.2. The number of carbonyl (C=O) groups excluding carboxylic acids is 2. The second-order valence-corrected chi connectivity index (χ2v) is 5.58. The number of methoxy groups -OCH3 is 1. The number of halogens is 2. The summed E-state index contributed by atoms with van der Waals surface area (Å²) in [5.41, 5.74) is 1.09. The number of ether oxygens (including phenoxy) is 2. The first kappa shape index (κ1) is 18.7. The van der Waals surface area contributed by atoms with Crippen molar-refractivity contribution in [3.05, 3.63) is 64.4 Å². The molecule has 1 N–H and O–H groups in total. The van der Waals surface area contributed by atoms with Crippen LogP contribution in [-0.4, -0.2) is 32.1 Å². The number of esters is 1. The molecule has 1 amide bonds. The van der Waals surface area contributed by atoms with Crippen molar-refractivity contribution >= 4 is 23.5 Å². The highest BCUT2D eigenvalue weighted by Gasteiger charge is 2.14. The standard InChI is InChI=1S/C18H17ClFNO4/c1-24-18(23)15-7-4-13(19)10-16(15)25-11-17(22)21-9-8-12-2-5-14(20)6-3-12/h2-7,10H,8-9,11H2,1H3,(H,21,22). The summed E-state index contributed by atoms with van der Waals surface area (Å²) in [5, 5.41) is 3.06. The normalized spacial score (nSPS) is 10.2. The Bertz CT molecular complexity index is 749. The van der Waals surface area contributed by atoms with E-state index in [-0.39, 0.29) is 29.6 Å². The smallest absolute Gasteiger partial charge is 0.341 e. The average Bonchev–Trinajstić information content (AvgIpc) is 2.61. The van der Waals surface area contributed by atoms with Crippen molar-refractivity contribution in [1.29, 1.82) is 0 Å². The Kier molecular flexibility index (Phi) is 6.77. The molecular formula is C18H17ClFNO4. The van der Waals surface area contributed by atoms with Crippen LogP contribution in [-0.2, 0) is 16.0 Å². The fourth-order valence-corrected chi connectivity index (χ4v) is 2.25. The van der Waals surface area contributed by atoms with Crippen LogP contribution in [0.25, 0.3) is 0 Å². The summed E-state index contributed by atoms with van der Waals surface area (Å²) in [6.45, 7) is 0.112. The zero-order valence-corrected chi connectivity index (χ0v) is 14.3. The maximum absolute atomic E-state index is 12.8. The van der Waals surface area contributed by atoms with Gasteiger partial charge in [0, 0.05) is 11.6 Å². The Balaban J connectivity index is 1.84. The van der Waals surface area contributed by atoms with Crippen molar-refractivity contribution in [3.63, 3.8) is 0 Å². The summed E-state index contributed by atoms with van der Waals surface area (Å²) >= 11 is 5.88. The maximum Gasteiger partial charge on any atom is 0.341 e. The lowest BCUT2D eigenvalue weighted by molar-refractivity contribution is -0.123. The van der Waals surface area contributed by atoms with Gasteiger partial charge in [0.2, 0.25) is 0 Å². The number of amides is 1. The molecule has 0 spiro atoms. The Morgan fingerprint density at radius 1 is 1.16 bits per heavy atom. The molecule has 2 rings (SSSR count). The Morgan fingerprint density at radius 2 is 1.88 bits per heavy atom. The monoisotopic (exact) mass is 365 g/mol. The summed E-state index contributed by atoms with van der Waals surface area (Å²) in [7, 11) is 1.25. The number of hydrogen-bond acceptors (Lipinski definition) is 4. The predicted octanol–water partition coefficient (Wildman–Crippen LogP) is 3.00. The number of nitrogens with one attached hydrogen (secondary N) is 1. The van der Waals surface area contributed by atoms with E-state index in [1.54, 1.807) is 12.1 Å². The van der Waals surface area contributed by atoms with Gasteiger partial charge in [-0.25, -0.2) is 9.18 Å². The Morgan fingerprint density at radius 3 is 2.56 bits per heavy atom. The molecule has 0 radical (unpaired) electrons. The molecule has 0 unspecified atom stereocenters. The van der Waals surface area contributed by atoms with Gasteiger partial charge >= 0.3 is 5.97 Å². The molecule has 0 aromatic heterocycles. The highest BCUT2D eigenvalue weighted by molar-refractivity contribution is 6.30. The van der Waals surface area contributed by atoms with Gasteiger partial charge in [0.1, 0.15) is 17.1 Å². The van der Waals surface area contributed by atoms with Crippen LogP contribution in [0.15, 0.2) is 42.5 Å². The fourth-order valence-electron chi connectivity index (χ4n) is 2.09. The van der Waals surface area contributed by atoms with Crippen molar-refractivity contribution in [2.45, 2.75) is 6.42 Å². The van der Waals surface area contributed by atoms with Gasteiger partial charge in [-0.2, -0.15) is 0 Å². The van der Waals surface area contributed by atoms with Crippen LogP contribution in [0.2, 0.25) is 5.02 Å². The molecule has 0 fully saturated rings. The SMILES string of the molecule is COC(=O)c1ccc(Cl)cc1OCC(=O)NCCc1ccc(F)cc1. The minimum Gasteiger partial charge on any atom is -0.483 e. The first-order chi connectivity index (χ1) is 12.0. The molecule has 0 bridgehead atoms. The Labute approximate surface area is 149 Å². The largest absolute Gasteiger partial charge is 0.483 e. The second kappa shape index (κ2) is 9.03. The minimum atomic E-state index is -0.580. The van der Waals surface area contributed by atoms with E-state index in [2.05, 4.69) is 10.1 Å². The molecule has 0 saturated heterocycles. The molecule has 0 aliphatic rings. The molecule has 0 saturated carbocycles. The predicted molar refractivity (Wildman–Crippen MR) is 91.4 cm³/mol. The summed E-state index contributed by atoms with van der Waals surface area (Å²) in [5.74, 6) is -1.06. The van der Waals surface area contributed by atoms with Crippen LogP contribution in [0.3, 0.4) is 0 Å². The molecular weight excluding hydrogens is 349 g/mol. The third-order valence-corrected chi connectivity index (χ3v) is 3.59. The maximum atomic E-state index is 12.8. The Hall–Kier alpha value is -2.60. The molecule has 7 heteroatoms. The first-order valence-electron chi connectivity index (χ1n) is 7.51. The van der Waals surface area contributed by atoms with E-state index < -0.39 is 5.97 Å². The minimum absolute atomic E-state index is 0.174. The van der Waals surface area contributed by atoms with Gasteiger partial charge in [0.05, 0.1) is 7.11 Å². The fraction of sp³-hybridized carbons (Fsp3) is 0.222. The molecule has 2 aromatic carbocycles. The molecule has 0 heterocycles. The van der Waals surface area contributed by atoms with E-state index in [1.165, 1.54) is 37.4 Å². The quantitative estimate of drug-likeness (QED) is 0.766. The van der Waals surface area contributed by atoms with Crippen LogP contribution in [0.5, 0.6) is 5.75 Å². The highest BCUT2D eigenvalue weighted by Crippen LogP contribution is 2.24. The second-order valence-electron chi connectivity index (χ2n) is 5.15. The molecule has 2 aromatic rings. The number of benzene rings is 2. The van der Waals surface area contributed by atoms with E-state index in [0.29, 0.717) is 18.0 Å². The van der Waals surface area contributed by atoms with Gasteiger partial charge in [0.15, 0.2) is 6.61 Å². The van der Waals surface area contributed by atoms with E-state index in [4.69, 9.17) is 16.3 Å². The van der Waals surface area contributed by atoms with E-state index in [1.807, 2.05) is 0 Å². The van der Waals surface area contributed by atoms with Gasteiger partial charge in [-0.1, -0.05) is 23.7 Å². The molecule has 0 aliphatic carbocycles. The first-order valence-corrected chi connectivity index (χ1v) is 7.89. The number of rotatable bonds is 7. The molecule has 0 atom stereocenters. The molecule has 132 valence electrons. The van der Waals surface area contributed by atoms with E-state index >= 15 is 0 Å². The van der Waals surface area contributed by atoms with Crippen molar-refractivity contribution < 1.29 is 23.5 Å². The number of hydrogen-bond donors (Lipinski definition) is 1. The summed E-state index contributed by atoms with van der Waals surface area (Å²) in [6, 6.07) is 10.5. The summed E-state index contributed by atoms with van der Waals surface area (Å²) in [4.78, 5) is 23.5. The average molecular weight is 366 g/mol. The van der Waals surface area contributed by atoms with Crippen LogP contribution in [0.4, 0.5) is 4.39 Å². The zero-order valence-electron chi connectivity index (χ0n) is 13.6. The number of carbonyl (C=O) groups is 2. The lowest BCUT2D eigenvalue weighted by Crippen LogP contribution is -2.30. The lowest BCUT2D eigenvalue weighted by atomic mass is 10.1. The van der Waals surface area contributed by atoms with Crippen molar-refractivity contribution in [2.75, 3.05) is 20.3 Å². The van der Waals surface area contributed by atoms with E-state index in [9.17, 15) is 14.0 Å². The van der Waals surface area contributed by atoms with Crippen LogP contribution in [0, 0.1) is 5.82 Å². The van der Waals surface area contributed by atoms with Gasteiger partial charge in [-0.15, -0.1) is 0 Å². The van der Waals surface area contributed by atoms with Gasteiger partial charge < -0.3 is 14.8 Å². The molecule has 0 aliphatic heterocycles. The van der Waals surface area contributed by atoms with Gasteiger partial charge in [-0.05, 0) is 42.3 Å². The summed E-state index contributed by atoms with van der Waals surface area (Å²) < 4.78 is 22.8. The topological polar surface area (TPSA) is 64.6 Å². The van der Waals surface area contributed by atoms with Crippen molar-refractivity contribution in [3.8, 4) is 5.75 Å². The van der Waals surface area contributed by atoms with Crippen LogP contribution >= 0.6 is 11.6 Å². The van der Waals surface area contributed by atoms with Crippen LogP contribution < -0.4 is 10.1 Å².